The van der Waals surface area contributed by atoms with Crippen LogP contribution in [0.25, 0.3) is 0 Å². The zero-order valence-electron chi connectivity index (χ0n) is 10.4. The summed E-state index contributed by atoms with van der Waals surface area (Å²) in [6.07, 6.45) is 4.03. The van der Waals surface area contributed by atoms with E-state index in [0.29, 0.717) is 12.0 Å². The van der Waals surface area contributed by atoms with Crippen LogP contribution in [0.4, 0.5) is 11.5 Å². The Labute approximate surface area is 110 Å². The minimum Gasteiger partial charge on any atom is -0.396 e. The summed E-state index contributed by atoms with van der Waals surface area (Å²) in [5, 5.41) is 23.0. The summed E-state index contributed by atoms with van der Waals surface area (Å²) in [4.78, 5) is 14.6. The molecule has 1 heterocycles. The van der Waals surface area contributed by atoms with Gasteiger partial charge in [-0.2, -0.15) is 11.8 Å². The average molecular weight is 271 g/mol. The van der Waals surface area contributed by atoms with Crippen LogP contribution >= 0.6 is 11.8 Å². The van der Waals surface area contributed by atoms with E-state index in [9.17, 15) is 10.1 Å². The number of nitrogens with zero attached hydrogens (tertiary/aromatic N) is 2. The topological polar surface area (TPSA) is 88.3 Å². The van der Waals surface area contributed by atoms with Crippen molar-refractivity contribution in [1.29, 1.82) is 0 Å². The number of hydrogen-bond acceptors (Lipinski definition) is 6. The molecule has 0 saturated carbocycles. The van der Waals surface area contributed by atoms with Crippen LogP contribution < -0.4 is 5.32 Å². The van der Waals surface area contributed by atoms with E-state index >= 15 is 0 Å². The molecule has 1 aromatic rings. The molecule has 7 heteroatoms. The fourth-order valence-electron chi connectivity index (χ4n) is 1.63. The van der Waals surface area contributed by atoms with Crippen molar-refractivity contribution >= 4 is 23.3 Å². The highest BCUT2D eigenvalue weighted by atomic mass is 32.2. The largest absolute Gasteiger partial charge is 0.396 e. The summed E-state index contributed by atoms with van der Waals surface area (Å²) < 4.78 is 0. The van der Waals surface area contributed by atoms with Crippen molar-refractivity contribution in [2.24, 2.45) is 0 Å². The minimum absolute atomic E-state index is 0.00143. The predicted molar refractivity (Wildman–Crippen MR) is 73.1 cm³/mol. The van der Waals surface area contributed by atoms with Gasteiger partial charge < -0.3 is 10.4 Å². The number of aryl methyl sites for hydroxylation is 1. The lowest BCUT2D eigenvalue weighted by Gasteiger charge is -2.17. The maximum absolute atomic E-state index is 11.0. The lowest BCUT2D eigenvalue weighted by molar-refractivity contribution is -0.384. The number of aliphatic hydroxyl groups is 1. The molecule has 1 unspecified atom stereocenters. The molecule has 0 radical (unpaired) electrons. The van der Waals surface area contributed by atoms with Gasteiger partial charge in [-0.25, -0.2) is 4.98 Å². The van der Waals surface area contributed by atoms with Gasteiger partial charge in [-0.05, 0) is 25.7 Å². The highest BCUT2D eigenvalue weighted by molar-refractivity contribution is 7.98. The van der Waals surface area contributed by atoms with Crippen molar-refractivity contribution in [3.05, 3.63) is 27.9 Å². The Hall–Kier alpha value is -1.34. The van der Waals surface area contributed by atoms with E-state index in [0.717, 1.165) is 5.75 Å². The highest BCUT2D eigenvalue weighted by Gasteiger charge is 2.20. The monoisotopic (exact) mass is 271 g/mol. The fourth-order valence-corrected chi connectivity index (χ4v) is 2.29. The van der Waals surface area contributed by atoms with Crippen molar-refractivity contribution in [3.8, 4) is 0 Å². The van der Waals surface area contributed by atoms with Crippen LogP contribution in [-0.2, 0) is 0 Å². The van der Waals surface area contributed by atoms with Crippen LogP contribution in [0.5, 0.6) is 0 Å². The van der Waals surface area contributed by atoms with E-state index in [1.165, 1.54) is 0 Å². The van der Waals surface area contributed by atoms with Gasteiger partial charge in [-0.15, -0.1) is 0 Å². The molecular formula is C11H17N3O3S. The molecule has 18 heavy (non-hydrogen) atoms. The van der Waals surface area contributed by atoms with Gasteiger partial charge in [0.15, 0.2) is 0 Å². The molecule has 0 saturated heterocycles. The summed E-state index contributed by atoms with van der Waals surface area (Å²) in [5.41, 5.74) is 0.575. The van der Waals surface area contributed by atoms with Crippen LogP contribution in [-0.4, -0.2) is 39.7 Å². The predicted octanol–water partition coefficient (Wildman–Crippen LogP) is 1.82. The van der Waals surface area contributed by atoms with E-state index in [-0.39, 0.29) is 24.2 Å². The SMILES string of the molecule is CSCC(CCO)Nc1nccc(C)c1[N+](=O)[O-]. The molecule has 2 N–H and O–H groups in total. The summed E-state index contributed by atoms with van der Waals surface area (Å²) >= 11 is 1.62. The number of anilines is 1. The molecule has 0 aromatic carbocycles. The van der Waals surface area contributed by atoms with Crippen LogP contribution in [0.15, 0.2) is 12.3 Å². The minimum atomic E-state index is -0.431. The zero-order valence-corrected chi connectivity index (χ0v) is 11.2. The third-order valence-electron chi connectivity index (χ3n) is 2.49. The average Bonchev–Trinajstić information content (AvgIpc) is 2.29. The van der Waals surface area contributed by atoms with Gasteiger partial charge in [0.05, 0.1) is 4.92 Å². The van der Waals surface area contributed by atoms with Crippen LogP contribution in [0.3, 0.4) is 0 Å². The molecule has 0 amide bonds. The van der Waals surface area contributed by atoms with Gasteiger partial charge in [0.1, 0.15) is 0 Å². The molecule has 0 fully saturated rings. The second-order valence-corrected chi connectivity index (χ2v) is 4.80. The maximum Gasteiger partial charge on any atom is 0.314 e. The van der Waals surface area contributed by atoms with E-state index in [2.05, 4.69) is 10.3 Å². The van der Waals surface area contributed by atoms with Gasteiger partial charge >= 0.3 is 5.69 Å². The number of thioether (sulfide) groups is 1. The molecule has 1 atom stereocenters. The van der Waals surface area contributed by atoms with Crippen LogP contribution in [0.1, 0.15) is 12.0 Å². The molecule has 0 spiro atoms. The number of pyridine rings is 1. The first-order chi connectivity index (χ1) is 8.60. The molecule has 0 aliphatic rings. The number of nitro groups is 1. The number of hydrogen-bond donors (Lipinski definition) is 2. The Bertz CT molecular complexity index is 409. The number of nitrogens with one attached hydrogen (secondary N) is 1. The van der Waals surface area contributed by atoms with Gasteiger partial charge in [0.2, 0.25) is 5.82 Å². The molecular weight excluding hydrogens is 254 g/mol. The Kier molecular flexibility index (Phi) is 5.87. The molecule has 6 nitrogen and oxygen atoms in total. The van der Waals surface area contributed by atoms with Gasteiger partial charge in [-0.3, -0.25) is 10.1 Å². The lowest BCUT2D eigenvalue weighted by atomic mass is 10.2. The Balaban J connectivity index is 2.94. The van der Waals surface area contributed by atoms with Crippen LogP contribution in [0.2, 0.25) is 0 Å². The van der Waals surface area contributed by atoms with E-state index in [1.54, 1.807) is 30.9 Å². The number of aliphatic hydroxyl groups excluding tert-OH is 1. The van der Waals surface area contributed by atoms with Crippen LogP contribution in [0, 0.1) is 17.0 Å². The second-order valence-electron chi connectivity index (χ2n) is 3.89. The molecule has 1 aromatic heterocycles. The van der Waals surface area contributed by atoms with Crippen molar-refractivity contribution in [1.82, 2.24) is 4.98 Å². The standard InChI is InChI=1S/C11H17N3O3S/c1-8-3-5-12-11(10(8)14(16)17)13-9(4-6-15)7-18-2/h3,5,9,15H,4,6-7H2,1-2H3,(H,12,13). The summed E-state index contributed by atoms with van der Waals surface area (Å²) in [5.74, 6) is 1.03. The molecule has 0 aliphatic carbocycles. The van der Waals surface area contributed by atoms with Gasteiger partial charge in [-0.1, -0.05) is 0 Å². The van der Waals surface area contributed by atoms with E-state index in [4.69, 9.17) is 5.11 Å². The first-order valence-electron chi connectivity index (χ1n) is 5.56. The Morgan fingerprint density at radius 3 is 2.94 bits per heavy atom. The number of aromatic nitrogens is 1. The molecule has 0 aliphatic heterocycles. The Morgan fingerprint density at radius 1 is 1.67 bits per heavy atom. The second kappa shape index (κ2) is 7.17. The zero-order chi connectivity index (χ0) is 13.5. The van der Waals surface area contributed by atoms with Gasteiger partial charge in [0.25, 0.3) is 0 Å². The third kappa shape index (κ3) is 3.85. The normalized spacial score (nSPS) is 12.2. The molecule has 0 bridgehead atoms. The lowest BCUT2D eigenvalue weighted by Crippen LogP contribution is -2.24. The van der Waals surface area contributed by atoms with E-state index in [1.807, 2.05) is 6.26 Å². The quantitative estimate of drug-likeness (QED) is 0.581. The van der Waals surface area contributed by atoms with Crippen molar-refractivity contribution < 1.29 is 10.0 Å². The molecule has 100 valence electrons. The Morgan fingerprint density at radius 2 is 2.39 bits per heavy atom. The van der Waals surface area contributed by atoms with Gasteiger partial charge in [0, 0.05) is 30.2 Å². The summed E-state index contributed by atoms with van der Waals surface area (Å²) in [6.45, 7) is 1.72. The van der Waals surface area contributed by atoms with Crippen molar-refractivity contribution in [2.75, 3.05) is 23.9 Å². The maximum atomic E-state index is 11.0. The first-order valence-corrected chi connectivity index (χ1v) is 6.95. The number of rotatable bonds is 7. The smallest absolute Gasteiger partial charge is 0.314 e. The van der Waals surface area contributed by atoms with E-state index < -0.39 is 4.92 Å². The third-order valence-corrected chi connectivity index (χ3v) is 3.23. The summed E-state index contributed by atoms with van der Waals surface area (Å²) in [7, 11) is 0. The fraction of sp³-hybridized carbons (Fsp3) is 0.545. The van der Waals surface area contributed by atoms with Crippen molar-refractivity contribution in [2.45, 2.75) is 19.4 Å². The highest BCUT2D eigenvalue weighted by Crippen LogP contribution is 2.26. The van der Waals surface area contributed by atoms with Crippen molar-refractivity contribution in [3.63, 3.8) is 0 Å². The first kappa shape index (κ1) is 14.7. The summed E-state index contributed by atoms with van der Waals surface area (Å²) in [6, 6.07) is 1.58. The molecule has 1 rings (SSSR count).